The number of fused-ring (bicyclic) bond motifs is 2. The molecule has 0 amide bonds. The van der Waals surface area contributed by atoms with E-state index in [1.807, 2.05) is 42.5 Å². The standard InChI is InChI=1S/C54H40O3/c55-52(45-17-5-2-6-18-45)37-57-54-36-50(43-29-25-41(26-30-43)48-23-11-19-39-15-7-9-21-46(39)48)53(56-34-33-38-13-3-1-4-14-38)35-51(54)44-31-27-42(28-32-44)49-24-12-20-40-16-8-10-22-47(40)49/h1-32,35-36H,33-34,37H2. The van der Waals surface area contributed by atoms with E-state index in [1.54, 1.807) is 0 Å². The highest BCUT2D eigenvalue weighted by molar-refractivity contribution is 5.99. The maximum Gasteiger partial charge on any atom is 0.200 e. The molecule has 0 bridgehead atoms. The molecule has 0 radical (unpaired) electrons. The van der Waals surface area contributed by atoms with Crippen molar-refractivity contribution in [3.63, 3.8) is 0 Å². The van der Waals surface area contributed by atoms with Crippen LogP contribution in [0.1, 0.15) is 15.9 Å². The average molecular weight is 737 g/mol. The van der Waals surface area contributed by atoms with Crippen LogP contribution >= 0.6 is 0 Å². The Labute approximate surface area is 333 Å². The van der Waals surface area contributed by atoms with Gasteiger partial charge in [0.05, 0.1) is 6.61 Å². The highest BCUT2D eigenvalue weighted by atomic mass is 16.5. The number of hydrogen-bond acceptors (Lipinski definition) is 3. The van der Waals surface area contributed by atoms with Crippen LogP contribution in [0, 0.1) is 0 Å². The Kier molecular flexibility index (Phi) is 10.1. The molecule has 3 nitrogen and oxygen atoms in total. The Balaban J connectivity index is 1.12. The number of carbonyl (C=O) groups excluding carboxylic acids is 1. The van der Waals surface area contributed by atoms with Gasteiger partial charge < -0.3 is 9.47 Å². The van der Waals surface area contributed by atoms with Crippen molar-refractivity contribution in [2.75, 3.05) is 13.2 Å². The molecule has 57 heavy (non-hydrogen) atoms. The normalized spacial score (nSPS) is 11.1. The van der Waals surface area contributed by atoms with Gasteiger partial charge in [-0.1, -0.05) is 194 Å². The van der Waals surface area contributed by atoms with E-state index >= 15 is 0 Å². The van der Waals surface area contributed by atoms with Crippen LogP contribution in [-0.4, -0.2) is 19.0 Å². The van der Waals surface area contributed by atoms with E-state index in [1.165, 1.54) is 38.2 Å². The van der Waals surface area contributed by atoms with Crippen molar-refractivity contribution in [2.24, 2.45) is 0 Å². The van der Waals surface area contributed by atoms with Crippen molar-refractivity contribution in [3.8, 4) is 56.0 Å². The lowest BCUT2D eigenvalue weighted by atomic mass is 9.93. The van der Waals surface area contributed by atoms with Gasteiger partial charge in [-0.05, 0) is 72.6 Å². The van der Waals surface area contributed by atoms with E-state index in [-0.39, 0.29) is 12.4 Å². The zero-order valence-corrected chi connectivity index (χ0v) is 31.5. The van der Waals surface area contributed by atoms with Gasteiger partial charge in [-0.25, -0.2) is 0 Å². The molecule has 9 aromatic carbocycles. The molecular formula is C54H40O3. The smallest absolute Gasteiger partial charge is 0.200 e. The van der Waals surface area contributed by atoms with E-state index in [0.717, 1.165) is 45.6 Å². The minimum absolute atomic E-state index is 0.0861. The lowest BCUT2D eigenvalue weighted by molar-refractivity contribution is 0.0922. The van der Waals surface area contributed by atoms with Crippen LogP contribution < -0.4 is 9.47 Å². The lowest BCUT2D eigenvalue weighted by Crippen LogP contribution is -2.12. The third-order valence-electron chi connectivity index (χ3n) is 10.6. The fraction of sp³-hybridized carbons (Fsp3) is 0.0556. The lowest BCUT2D eigenvalue weighted by Gasteiger charge is -2.19. The highest BCUT2D eigenvalue weighted by Gasteiger charge is 2.18. The summed E-state index contributed by atoms with van der Waals surface area (Å²) in [5.41, 5.74) is 10.1. The third-order valence-corrected chi connectivity index (χ3v) is 10.6. The van der Waals surface area contributed by atoms with Crippen molar-refractivity contribution in [3.05, 3.63) is 217 Å². The average Bonchev–Trinajstić information content (AvgIpc) is 3.28. The Bertz CT molecular complexity index is 2800. The minimum atomic E-state index is -0.0984. The molecule has 0 N–H and O–H groups in total. The summed E-state index contributed by atoms with van der Waals surface area (Å²) in [5.74, 6) is 1.27. The molecule has 9 aromatic rings. The summed E-state index contributed by atoms with van der Waals surface area (Å²) in [4.78, 5) is 13.4. The van der Waals surface area contributed by atoms with Gasteiger partial charge in [0.15, 0.2) is 12.4 Å². The first-order chi connectivity index (χ1) is 28.2. The molecule has 0 aliphatic carbocycles. The maximum absolute atomic E-state index is 13.4. The number of ether oxygens (including phenoxy) is 2. The van der Waals surface area contributed by atoms with Crippen molar-refractivity contribution < 1.29 is 14.3 Å². The molecule has 0 heterocycles. The number of hydrogen-bond donors (Lipinski definition) is 0. The van der Waals surface area contributed by atoms with Gasteiger partial charge in [-0.2, -0.15) is 0 Å². The molecule has 0 unspecified atom stereocenters. The molecule has 9 rings (SSSR count). The van der Waals surface area contributed by atoms with Gasteiger partial charge in [0, 0.05) is 23.1 Å². The summed E-state index contributed by atoms with van der Waals surface area (Å²) in [6.45, 7) is 0.399. The topological polar surface area (TPSA) is 35.5 Å². The van der Waals surface area contributed by atoms with Crippen LogP contribution in [0.15, 0.2) is 206 Å². The first kappa shape index (κ1) is 35.5. The number of rotatable bonds is 12. The van der Waals surface area contributed by atoms with Gasteiger partial charge in [-0.15, -0.1) is 0 Å². The quantitative estimate of drug-likeness (QED) is 0.117. The highest BCUT2D eigenvalue weighted by Crippen LogP contribution is 2.43. The first-order valence-corrected chi connectivity index (χ1v) is 19.4. The predicted molar refractivity (Wildman–Crippen MR) is 235 cm³/mol. The predicted octanol–water partition coefficient (Wildman–Crippen LogP) is 13.5. The van der Waals surface area contributed by atoms with Gasteiger partial charge in [0.25, 0.3) is 0 Å². The second kappa shape index (κ2) is 16.2. The van der Waals surface area contributed by atoms with E-state index in [2.05, 4.69) is 164 Å². The number of carbonyl (C=O) groups is 1. The maximum atomic E-state index is 13.4. The van der Waals surface area contributed by atoms with Crippen LogP contribution in [-0.2, 0) is 6.42 Å². The largest absolute Gasteiger partial charge is 0.493 e. The van der Waals surface area contributed by atoms with Gasteiger partial charge >= 0.3 is 0 Å². The van der Waals surface area contributed by atoms with Crippen LogP contribution in [0.5, 0.6) is 11.5 Å². The molecule has 0 aliphatic rings. The SMILES string of the molecule is O=C(COc1cc(-c2ccc(-c3cccc4ccccc34)cc2)c(OCCc2ccccc2)cc1-c1ccc(-c2cccc3ccccc23)cc1)c1ccccc1. The third kappa shape index (κ3) is 7.69. The van der Waals surface area contributed by atoms with Crippen molar-refractivity contribution in [2.45, 2.75) is 6.42 Å². The molecule has 0 atom stereocenters. The fourth-order valence-corrected chi connectivity index (χ4v) is 7.64. The molecule has 0 spiro atoms. The summed E-state index contributed by atoms with van der Waals surface area (Å²) in [6.07, 6.45) is 0.763. The van der Waals surface area contributed by atoms with Gasteiger partial charge in [0.1, 0.15) is 11.5 Å². The summed E-state index contributed by atoms with van der Waals surface area (Å²) in [6, 6.07) is 70.8. The van der Waals surface area contributed by atoms with Crippen molar-refractivity contribution in [1.82, 2.24) is 0 Å². The monoisotopic (exact) mass is 736 g/mol. The summed E-state index contributed by atoms with van der Waals surface area (Å²) < 4.78 is 13.2. The van der Waals surface area contributed by atoms with Gasteiger partial charge in [-0.3, -0.25) is 4.79 Å². The Morgan fingerprint density at radius 2 is 0.807 bits per heavy atom. The summed E-state index contributed by atoms with van der Waals surface area (Å²) in [5, 5.41) is 4.84. The van der Waals surface area contributed by atoms with Crippen LogP contribution in [0.2, 0.25) is 0 Å². The molecule has 0 saturated carbocycles. The Morgan fingerprint density at radius 3 is 1.33 bits per heavy atom. The minimum Gasteiger partial charge on any atom is -0.493 e. The fourth-order valence-electron chi connectivity index (χ4n) is 7.64. The van der Waals surface area contributed by atoms with E-state index in [0.29, 0.717) is 17.9 Å². The summed E-state index contributed by atoms with van der Waals surface area (Å²) in [7, 11) is 0. The van der Waals surface area contributed by atoms with Crippen LogP contribution in [0.4, 0.5) is 0 Å². The van der Waals surface area contributed by atoms with E-state index in [9.17, 15) is 4.79 Å². The molecule has 0 aromatic heterocycles. The van der Waals surface area contributed by atoms with Crippen molar-refractivity contribution >= 4 is 27.3 Å². The van der Waals surface area contributed by atoms with Crippen LogP contribution in [0.25, 0.3) is 66.1 Å². The Hall–Kier alpha value is -7.23. The summed E-state index contributed by atoms with van der Waals surface area (Å²) >= 11 is 0. The number of benzene rings is 9. The number of ketones is 1. The second-order valence-electron chi connectivity index (χ2n) is 14.2. The number of Topliss-reactive ketones (excluding diaryl/α,β-unsaturated/α-hetero) is 1. The second-order valence-corrected chi connectivity index (χ2v) is 14.2. The van der Waals surface area contributed by atoms with Crippen molar-refractivity contribution in [1.29, 1.82) is 0 Å². The molecule has 3 heteroatoms. The molecular weight excluding hydrogens is 697 g/mol. The zero-order chi connectivity index (χ0) is 38.4. The Morgan fingerprint density at radius 1 is 0.386 bits per heavy atom. The molecule has 0 saturated heterocycles. The molecule has 0 fully saturated rings. The van der Waals surface area contributed by atoms with E-state index in [4.69, 9.17) is 9.47 Å². The zero-order valence-electron chi connectivity index (χ0n) is 31.5. The van der Waals surface area contributed by atoms with Crippen LogP contribution in [0.3, 0.4) is 0 Å². The van der Waals surface area contributed by atoms with Gasteiger partial charge in [0.2, 0.25) is 0 Å². The molecule has 0 aliphatic heterocycles. The molecule has 274 valence electrons. The first-order valence-electron chi connectivity index (χ1n) is 19.4. The van der Waals surface area contributed by atoms with E-state index < -0.39 is 0 Å².